The third-order valence-corrected chi connectivity index (χ3v) is 3.43. The molecule has 0 saturated heterocycles. The van der Waals surface area contributed by atoms with Crippen LogP contribution in [0.5, 0.6) is 0 Å². The highest BCUT2D eigenvalue weighted by molar-refractivity contribution is 5.36. The van der Waals surface area contributed by atoms with Crippen molar-refractivity contribution in [3.05, 3.63) is 35.4 Å². The monoisotopic (exact) mass is 205 g/mol. The molecular weight excluding hydrogens is 186 g/mol. The highest BCUT2D eigenvalue weighted by Gasteiger charge is 2.31. The van der Waals surface area contributed by atoms with Crippen LogP contribution < -0.4 is 5.32 Å². The smallest absolute Gasteiger partial charge is 0.0771 e. The van der Waals surface area contributed by atoms with Crippen molar-refractivity contribution in [3.63, 3.8) is 0 Å². The van der Waals surface area contributed by atoms with Gasteiger partial charge in [0.05, 0.1) is 12.1 Å². The number of methoxy groups -OCH3 is 1. The molecule has 2 nitrogen and oxygen atoms in total. The van der Waals surface area contributed by atoms with Crippen LogP contribution in [0.3, 0.4) is 0 Å². The van der Waals surface area contributed by atoms with Crippen LogP contribution in [0, 0.1) is 0 Å². The van der Waals surface area contributed by atoms with Gasteiger partial charge in [0.2, 0.25) is 0 Å². The number of ether oxygens (including phenoxy) is 1. The summed E-state index contributed by atoms with van der Waals surface area (Å²) in [6, 6.07) is 9.00. The zero-order valence-corrected chi connectivity index (χ0v) is 9.66. The van der Waals surface area contributed by atoms with E-state index < -0.39 is 0 Å². The van der Waals surface area contributed by atoms with Crippen molar-refractivity contribution >= 4 is 0 Å². The molecule has 0 spiro atoms. The van der Waals surface area contributed by atoms with E-state index in [4.69, 9.17) is 4.74 Å². The molecule has 0 radical (unpaired) electrons. The van der Waals surface area contributed by atoms with Crippen molar-refractivity contribution in [1.29, 1.82) is 0 Å². The fraction of sp³-hybridized carbons (Fsp3) is 0.538. The van der Waals surface area contributed by atoms with Crippen molar-refractivity contribution in [2.24, 2.45) is 0 Å². The van der Waals surface area contributed by atoms with E-state index in [1.807, 2.05) is 7.05 Å². The lowest BCUT2D eigenvalue weighted by Gasteiger charge is -2.35. The fourth-order valence-corrected chi connectivity index (χ4v) is 2.63. The summed E-state index contributed by atoms with van der Waals surface area (Å²) < 4.78 is 5.56. The maximum Gasteiger partial charge on any atom is 0.0771 e. The lowest BCUT2D eigenvalue weighted by atomic mass is 9.79. The first-order valence-corrected chi connectivity index (χ1v) is 5.56. The number of nitrogens with one attached hydrogen (secondary N) is 1. The molecule has 3 atom stereocenters. The third kappa shape index (κ3) is 1.80. The number of likely N-dealkylation sites (N-methyl/N-ethyl adjacent to an activating group) is 1. The van der Waals surface area contributed by atoms with Crippen LogP contribution in [0.2, 0.25) is 0 Å². The summed E-state index contributed by atoms with van der Waals surface area (Å²) in [6.07, 6.45) is 1.39. The molecule has 0 heterocycles. The van der Waals surface area contributed by atoms with Crippen molar-refractivity contribution in [2.45, 2.75) is 31.4 Å². The molecule has 82 valence electrons. The van der Waals surface area contributed by atoms with Gasteiger partial charge in [-0.25, -0.2) is 0 Å². The van der Waals surface area contributed by atoms with Crippen molar-refractivity contribution < 1.29 is 4.74 Å². The van der Waals surface area contributed by atoms with Gasteiger partial charge in [-0.2, -0.15) is 0 Å². The topological polar surface area (TPSA) is 21.3 Å². The van der Waals surface area contributed by atoms with Gasteiger partial charge in [0.15, 0.2) is 0 Å². The average Bonchev–Trinajstić information content (AvgIpc) is 2.29. The van der Waals surface area contributed by atoms with Crippen molar-refractivity contribution in [2.75, 3.05) is 14.2 Å². The predicted molar refractivity (Wildman–Crippen MR) is 62.1 cm³/mol. The van der Waals surface area contributed by atoms with Crippen LogP contribution in [-0.2, 0) is 4.74 Å². The van der Waals surface area contributed by atoms with Gasteiger partial charge in [0, 0.05) is 7.11 Å². The van der Waals surface area contributed by atoms with E-state index in [0.29, 0.717) is 18.1 Å². The molecular formula is C13H19NO. The molecule has 0 aromatic heterocycles. The molecule has 3 unspecified atom stereocenters. The highest BCUT2D eigenvalue weighted by atomic mass is 16.5. The highest BCUT2D eigenvalue weighted by Crippen LogP contribution is 2.38. The minimum atomic E-state index is 0.292. The number of hydrogen-bond acceptors (Lipinski definition) is 2. The lowest BCUT2D eigenvalue weighted by molar-refractivity contribution is 0.0520. The summed E-state index contributed by atoms with van der Waals surface area (Å²) in [5.74, 6) is 0.593. The molecule has 1 aromatic carbocycles. The molecule has 0 fully saturated rings. The first-order chi connectivity index (χ1) is 7.27. The van der Waals surface area contributed by atoms with E-state index in [0.717, 1.165) is 6.42 Å². The largest absolute Gasteiger partial charge is 0.379 e. The van der Waals surface area contributed by atoms with Gasteiger partial charge < -0.3 is 10.1 Å². The molecule has 0 amide bonds. The maximum atomic E-state index is 5.56. The summed E-state index contributed by atoms with van der Waals surface area (Å²) in [4.78, 5) is 0. The Morgan fingerprint density at radius 2 is 1.93 bits per heavy atom. The van der Waals surface area contributed by atoms with E-state index >= 15 is 0 Å². The lowest BCUT2D eigenvalue weighted by Crippen LogP contribution is -2.36. The quantitative estimate of drug-likeness (QED) is 0.801. The summed E-state index contributed by atoms with van der Waals surface area (Å²) in [5, 5.41) is 3.36. The van der Waals surface area contributed by atoms with Gasteiger partial charge in [0.25, 0.3) is 0 Å². The Labute approximate surface area is 91.6 Å². The summed E-state index contributed by atoms with van der Waals surface area (Å²) in [5.41, 5.74) is 2.86. The van der Waals surface area contributed by atoms with E-state index in [-0.39, 0.29) is 0 Å². The molecule has 1 aromatic rings. The zero-order chi connectivity index (χ0) is 10.8. The van der Waals surface area contributed by atoms with Crippen LogP contribution >= 0.6 is 0 Å². The maximum absolute atomic E-state index is 5.56. The van der Waals surface area contributed by atoms with E-state index in [2.05, 4.69) is 36.5 Å². The molecule has 0 saturated carbocycles. The van der Waals surface area contributed by atoms with Gasteiger partial charge in [-0.1, -0.05) is 31.2 Å². The van der Waals surface area contributed by atoms with Gasteiger partial charge in [0.1, 0.15) is 0 Å². The number of benzene rings is 1. The Kier molecular flexibility index (Phi) is 3.08. The number of rotatable bonds is 2. The van der Waals surface area contributed by atoms with E-state index in [1.165, 1.54) is 11.1 Å². The van der Waals surface area contributed by atoms with Gasteiger partial charge in [-0.3, -0.25) is 0 Å². The first kappa shape index (κ1) is 10.7. The average molecular weight is 205 g/mol. The Bertz CT molecular complexity index is 337. The van der Waals surface area contributed by atoms with Crippen LogP contribution in [0.25, 0.3) is 0 Å². The third-order valence-electron chi connectivity index (χ3n) is 3.43. The summed E-state index contributed by atoms with van der Waals surface area (Å²) >= 11 is 0. The normalized spacial score (nSPS) is 29.9. The first-order valence-electron chi connectivity index (χ1n) is 5.56. The Hall–Kier alpha value is -0.860. The van der Waals surface area contributed by atoms with E-state index in [1.54, 1.807) is 7.11 Å². The molecule has 15 heavy (non-hydrogen) atoms. The molecule has 0 bridgehead atoms. The molecule has 1 aliphatic rings. The summed E-state index contributed by atoms with van der Waals surface area (Å²) in [7, 11) is 3.80. The predicted octanol–water partition coefficient (Wildman–Crippen LogP) is 2.47. The SMILES string of the molecule is CNC1c2ccccc2C(C)CC1OC. The van der Waals surface area contributed by atoms with Gasteiger partial charge >= 0.3 is 0 Å². The molecule has 1 N–H and O–H groups in total. The van der Waals surface area contributed by atoms with E-state index in [9.17, 15) is 0 Å². The van der Waals surface area contributed by atoms with Crippen LogP contribution in [0.15, 0.2) is 24.3 Å². The van der Waals surface area contributed by atoms with Crippen LogP contribution in [0.1, 0.15) is 36.4 Å². The van der Waals surface area contributed by atoms with Gasteiger partial charge in [-0.05, 0) is 30.5 Å². The Morgan fingerprint density at radius 3 is 2.53 bits per heavy atom. The molecule has 2 rings (SSSR count). The van der Waals surface area contributed by atoms with Crippen molar-refractivity contribution in [1.82, 2.24) is 5.32 Å². The fourth-order valence-electron chi connectivity index (χ4n) is 2.63. The molecule has 2 heteroatoms. The van der Waals surface area contributed by atoms with Crippen LogP contribution in [0.4, 0.5) is 0 Å². The standard InChI is InChI=1S/C13H19NO/c1-9-8-12(15-3)13(14-2)11-7-5-4-6-10(9)11/h4-7,9,12-14H,8H2,1-3H3. The second-order valence-corrected chi connectivity index (χ2v) is 4.31. The Morgan fingerprint density at radius 1 is 1.27 bits per heavy atom. The second kappa shape index (κ2) is 4.33. The number of hydrogen-bond donors (Lipinski definition) is 1. The zero-order valence-electron chi connectivity index (χ0n) is 9.66. The Balaban J connectivity index is 2.41. The molecule has 0 aliphatic heterocycles. The minimum Gasteiger partial charge on any atom is -0.379 e. The van der Waals surface area contributed by atoms with Crippen LogP contribution in [-0.4, -0.2) is 20.3 Å². The second-order valence-electron chi connectivity index (χ2n) is 4.31. The number of fused-ring (bicyclic) bond motifs is 1. The van der Waals surface area contributed by atoms with Gasteiger partial charge in [-0.15, -0.1) is 0 Å². The molecule has 1 aliphatic carbocycles. The van der Waals surface area contributed by atoms with Crippen molar-refractivity contribution in [3.8, 4) is 0 Å². The summed E-state index contributed by atoms with van der Waals surface area (Å²) in [6.45, 7) is 2.27. The minimum absolute atomic E-state index is 0.292.